The van der Waals surface area contributed by atoms with Gasteiger partial charge >= 0.3 is 0 Å². The highest BCUT2D eigenvalue weighted by atomic mass is 127. The molecule has 0 aliphatic rings. The lowest BCUT2D eigenvalue weighted by atomic mass is 10.8. The smallest absolute Gasteiger partial charge is 0.289 e. The van der Waals surface area contributed by atoms with Gasteiger partial charge in [0.2, 0.25) is 0 Å². The van der Waals surface area contributed by atoms with Crippen LogP contribution in [0.15, 0.2) is 8.83 Å². The maximum Gasteiger partial charge on any atom is 0.289 e. The number of aromatic nitrogens is 2. The second-order valence-corrected chi connectivity index (χ2v) is 3.39. The number of hydrogen-bond acceptors (Lipinski definition) is 4. The van der Waals surface area contributed by atoms with Gasteiger partial charge < -0.3 is 8.83 Å². The SMILES string of the molecule is Ic1nc2oc(I)nc2o1. The van der Waals surface area contributed by atoms with Crippen LogP contribution in [-0.4, -0.2) is 9.97 Å². The number of rotatable bonds is 0. The molecule has 0 N–H and O–H groups in total. The Bertz CT molecular complexity index is 303. The van der Waals surface area contributed by atoms with Crippen molar-refractivity contribution < 1.29 is 8.83 Å². The van der Waals surface area contributed by atoms with Crippen LogP contribution in [0, 0.1) is 7.79 Å². The van der Waals surface area contributed by atoms with Crippen molar-refractivity contribution in [3.05, 3.63) is 7.79 Å². The number of fused-ring (bicyclic) bond motifs is 1. The Hall–Kier alpha value is 0.140. The van der Waals surface area contributed by atoms with Crippen LogP contribution in [0.25, 0.3) is 11.4 Å². The predicted molar refractivity (Wildman–Crippen MR) is 49.5 cm³/mol. The van der Waals surface area contributed by atoms with Gasteiger partial charge in [-0.2, -0.15) is 9.97 Å². The summed E-state index contributed by atoms with van der Waals surface area (Å²) < 4.78 is 11.2. The van der Waals surface area contributed by atoms with Crippen LogP contribution in [0.5, 0.6) is 0 Å². The van der Waals surface area contributed by atoms with Gasteiger partial charge in [0, 0.05) is 45.2 Å². The molecule has 0 amide bonds. The van der Waals surface area contributed by atoms with E-state index >= 15 is 0 Å². The molecule has 0 unspecified atom stereocenters. The Kier molecular flexibility index (Phi) is 1.59. The van der Waals surface area contributed by atoms with Gasteiger partial charge in [-0.3, -0.25) is 0 Å². The van der Waals surface area contributed by atoms with Gasteiger partial charge in [-0.15, -0.1) is 0 Å². The minimum absolute atomic E-state index is 0.466. The van der Waals surface area contributed by atoms with Crippen LogP contribution in [0.3, 0.4) is 0 Å². The lowest BCUT2D eigenvalue weighted by molar-refractivity contribution is 0.535. The van der Waals surface area contributed by atoms with Gasteiger partial charge in [0.15, 0.2) is 0 Å². The molecule has 0 aliphatic carbocycles. The molecule has 0 atom stereocenters. The summed E-state index contributed by atoms with van der Waals surface area (Å²) in [6.07, 6.45) is 0. The average molecular weight is 362 g/mol. The molecule has 2 heterocycles. The van der Waals surface area contributed by atoms with E-state index in [1.165, 1.54) is 0 Å². The maximum atomic E-state index is 5.05. The van der Waals surface area contributed by atoms with E-state index in [9.17, 15) is 0 Å². The molecule has 0 aliphatic heterocycles. The molecule has 0 saturated carbocycles. The Labute approximate surface area is 82.7 Å². The Balaban J connectivity index is 2.83. The zero-order chi connectivity index (χ0) is 7.14. The fourth-order valence-corrected chi connectivity index (χ4v) is 1.45. The number of nitrogens with zero attached hydrogens (tertiary/aromatic N) is 2. The van der Waals surface area contributed by atoms with E-state index in [0.717, 1.165) is 0 Å². The molecule has 0 bridgehead atoms. The van der Waals surface area contributed by atoms with E-state index < -0.39 is 0 Å². The molecule has 2 rings (SSSR count). The van der Waals surface area contributed by atoms with Crippen molar-refractivity contribution in [3.8, 4) is 0 Å². The van der Waals surface area contributed by atoms with Gasteiger partial charge in [-0.1, -0.05) is 0 Å². The summed E-state index contributed by atoms with van der Waals surface area (Å²) in [6, 6.07) is 0. The molecular weight excluding hydrogens is 362 g/mol. The van der Waals surface area contributed by atoms with Gasteiger partial charge in [-0.25, -0.2) is 0 Å². The molecule has 0 aromatic carbocycles. The molecular formula is C4I2N2O2. The summed E-state index contributed by atoms with van der Waals surface area (Å²) in [6.45, 7) is 0. The quantitative estimate of drug-likeness (QED) is 0.674. The molecule has 0 fully saturated rings. The molecule has 52 valence electrons. The lowest BCUT2D eigenvalue weighted by Crippen LogP contribution is -1.66. The third kappa shape index (κ3) is 1.02. The van der Waals surface area contributed by atoms with Crippen molar-refractivity contribution in [3.63, 3.8) is 0 Å². The topological polar surface area (TPSA) is 52.1 Å². The number of hydrogen-bond donors (Lipinski definition) is 0. The van der Waals surface area contributed by atoms with Gasteiger partial charge in [0.1, 0.15) is 0 Å². The first-order chi connectivity index (χ1) is 4.75. The van der Waals surface area contributed by atoms with E-state index in [4.69, 9.17) is 8.83 Å². The lowest BCUT2D eigenvalue weighted by Gasteiger charge is -1.72. The van der Waals surface area contributed by atoms with Crippen LogP contribution in [0.4, 0.5) is 0 Å². The number of halogens is 2. The molecule has 6 heteroatoms. The van der Waals surface area contributed by atoms with E-state index in [1.54, 1.807) is 0 Å². The number of oxazole rings is 2. The van der Waals surface area contributed by atoms with Crippen molar-refractivity contribution in [1.29, 1.82) is 0 Å². The summed E-state index contributed by atoms with van der Waals surface area (Å²) in [5.41, 5.74) is 0.933. The zero-order valence-corrected chi connectivity index (χ0v) is 8.78. The highest BCUT2D eigenvalue weighted by molar-refractivity contribution is 14.1. The summed E-state index contributed by atoms with van der Waals surface area (Å²) in [4.78, 5) is 7.84. The van der Waals surface area contributed by atoms with Crippen molar-refractivity contribution >= 4 is 56.6 Å². The van der Waals surface area contributed by atoms with E-state index in [2.05, 4.69) is 9.97 Å². The first-order valence-corrected chi connectivity index (χ1v) is 4.50. The highest BCUT2D eigenvalue weighted by Crippen LogP contribution is 2.17. The molecule has 0 saturated heterocycles. The van der Waals surface area contributed by atoms with Gasteiger partial charge in [0.05, 0.1) is 0 Å². The van der Waals surface area contributed by atoms with Crippen molar-refractivity contribution in [1.82, 2.24) is 9.97 Å². The summed E-state index contributed by atoms with van der Waals surface area (Å²) in [7, 11) is 0. The fourth-order valence-electron chi connectivity index (χ4n) is 0.593. The van der Waals surface area contributed by atoms with Crippen molar-refractivity contribution in [2.24, 2.45) is 0 Å². The van der Waals surface area contributed by atoms with Crippen LogP contribution in [0.1, 0.15) is 0 Å². The van der Waals surface area contributed by atoms with Gasteiger partial charge in [0.25, 0.3) is 19.2 Å². The molecule has 2 aromatic rings. The monoisotopic (exact) mass is 362 g/mol. The molecule has 10 heavy (non-hydrogen) atoms. The largest absolute Gasteiger partial charge is 0.410 e. The summed E-state index contributed by atoms with van der Waals surface area (Å²) in [5, 5.41) is 0. The third-order valence-electron chi connectivity index (χ3n) is 0.924. The molecule has 0 radical (unpaired) electrons. The molecule has 0 spiro atoms. The van der Waals surface area contributed by atoms with Crippen molar-refractivity contribution in [2.45, 2.75) is 0 Å². The highest BCUT2D eigenvalue weighted by Gasteiger charge is 2.09. The second kappa shape index (κ2) is 2.32. The third-order valence-corrected chi connectivity index (χ3v) is 1.85. The first kappa shape index (κ1) is 6.83. The Morgan fingerprint density at radius 2 is 1.30 bits per heavy atom. The second-order valence-electron chi connectivity index (χ2n) is 1.54. The first-order valence-electron chi connectivity index (χ1n) is 2.34. The Morgan fingerprint density at radius 3 is 1.70 bits per heavy atom. The Morgan fingerprint density at radius 1 is 0.900 bits per heavy atom. The minimum atomic E-state index is 0.466. The molecule has 2 aromatic heterocycles. The van der Waals surface area contributed by atoms with Crippen LogP contribution in [-0.2, 0) is 0 Å². The van der Waals surface area contributed by atoms with E-state index in [0.29, 0.717) is 19.2 Å². The zero-order valence-electron chi connectivity index (χ0n) is 4.47. The predicted octanol–water partition coefficient (Wildman–Crippen LogP) is 2.03. The average Bonchev–Trinajstić information content (AvgIpc) is 2.21. The van der Waals surface area contributed by atoms with Crippen LogP contribution in [0.2, 0.25) is 0 Å². The molecule has 4 nitrogen and oxygen atoms in total. The van der Waals surface area contributed by atoms with Crippen molar-refractivity contribution in [2.75, 3.05) is 0 Å². The van der Waals surface area contributed by atoms with Gasteiger partial charge in [-0.05, 0) is 0 Å². The standard InChI is InChI=1S/C4I2N2O2/c5-3-7-1-2(10-3)8-4(6)9-1. The summed E-state index contributed by atoms with van der Waals surface area (Å²) in [5.74, 6) is 0. The van der Waals surface area contributed by atoms with Crippen LogP contribution < -0.4 is 0 Å². The normalized spacial score (nSPS) is 11.0. The van der Waals surface area contributed by atoms with E-state index in [1.807, 2.05) is 45.2 Å². The minimum Gasteiger partial charge on any atom is -0.410 e. The van der Waals surface area contributed by atoms with Crippen LogP contribution >= 0.6 is 45.2 Å². The fraction of sp³-hybridized carbons (Fsp3) is 0. The van der Waals surface area contributed by atoms with E-state index in [-0.39, 0.29) is 0 Å². The summed E-state index contributed by atoms with van der Waals surface area (Å²) >= 11 is 3.92. The maximum absolute atomic E-state index is 5.05.